The second-order valence-electron chi connectivity index (χ2n) is 5.99. The zero-order valence-electron chi connectivity index (χ0n) is 13.7. The lowest BCUT2D eigenvalue weighted by atomic mass is 9.96. The first kappa shape index (κ1) is 15.6. The fourth-order valence-electron chi connectivity index (χ4n) is 3.15. The van der Waals surface area contributed by atoms with Gasteiger partial charge in [0.2, 0.25) is 0 Å². The Morgan fingerprint density at radius 3 is 2.43 bits per heavy atom. The molecule has 3 heteroatoms. The Bertz CT molecular complexity index is 680. The van der Waals surface area contributed by atoms with E-state index in [1.807, 2.05) is 6.07 Å². The third kappa shape index (κ3) is 2.57. The van der Waals surface area contributed by atoms with Crippen LogP contribution in [-0.2, 0) is 13.0 Å². The zero-order chi connectivity index (χ0) is 15.7. The van der Waals surface area contributed by atoms with Gasteiger partial charge in [0, 0.05) is 17.6 Å². The number of fused-ring (bicyclic) bond motifs is 1. The van der Waals surface area contributed by atoms with Crippen molar-refractivity contribution in [3.05, 3.63) is 34.5 Å². The predicted molar refractivity (Wildman–Crippen MR) is 87.4 cm³/mol. The molecule has 21 heavy (non-hydrogen) atoms. The lowest BCUT2D eigenvalue weighted by Crippen LogP contribution is -2.06. The van der Waals surface area contributed by atoms with Crippen LogP contribution in [0.3, 0.4) is 0 Å². The first-order chi connectivity index (χ1) is 9.92. The molecule has 0 bridgehead atoms. The molecule has 0 amide bonds. The van der Waals surface area contributed by atoms with E-state index in [2.05, 4.69) is 45.3 Å². The van der Waals surface area contributed by atoms with E-state index in [0.717, 1.165) is 35.9 Å². The number of hydrogen-bond donors (Lipinski definition) is 1. The molecule has 0 saturated carbocycles. The summed E-state index contributed by atoms with van der Waals surface area (Å²) in [6.07, 6.45) is 1.93. The van der Waals surface area contributed by atoms with Crippen molar-refractivity contribution < 1.29 is 9.90 Å². The standard InChI is InChI=1S/C18H25NO2/c1-6-8-19-12(5)14(7-2)15-9-13(11(3)4)10-16(17(15)19)18(20)21/h9-11H,6-8H2,1-5H3,(H,20,21). The topological polar surface area (TPSA) is 42.2 Å². The third-order valence-electron chi connectivity index (χ3n) is 4.27. The van der Waals surface area contributed by atoms with Crippen molar-refractivity contribution in [1.82, 2.24) is 4.57 Å². The summed E-state index contributed by atoms with van der Waals surface area (Å²) in [5.41, 5.74) is 4.92. The van der Waals surface area contributed by atoms with Crippen LogP contribution in [-0.4, -0.2) is 15.6 Å². The van der Waals surface area contributed by atoms with Crippen LogP contribution in [0.15, 0.2) is 12.1 Å². The molecule has 0 spiro atoms. The molecule has 0 fully saturated rings. The number of rotatable bonds is 5. The van der Waals surface area contributed by atoms with E-state index in [9.17, 15) is 9.90 Å². The summed E-state index contributed by atoms with van der Waals surface area (Å²) >= 11 is 0. The number of carboxylic acid groups (broad SMARTS) is 1. The first-order valence-electron chi connectivity index (χ1n) is 7.81. The van der Waals surface area contributed by atoms with Crippen molar-refractivity contribution in [2.24, 2.45) is 0 Å². The summed E-state index contributed by atoms with van der Waals surface area (Å²) in [7, 11) is 0. The lowest BCUT2D eigenvalue weighted by molar-refractivity contribution is 0.0698. The van der Waals surface area contributed by atoms with Crippen molar-refractivity contribution in [2.45, 2.75) is 59.9 Å². The van der Waals surface area contributed by atoms with Gasteiger partial charge >= 0.3 is 5.97 Å². The Morgan fingerprint density at radius 1 is 1.29 bits per heavy atom. The minimum Gasteiger partial charge on any atom is -0.478 e. The molecular weight excluding hydrogens is 262 g/mol. The minimum absolute atomic E-state index is 0.326. The van der Waals surface area contributed by atoms with E-state index in [-0.39, 0.29) is 0 Å². The fraction of sp³-hybridized carbons (Fsp3) is 0.500. The van der Waals surface area contributed by atoms with Crippen molar-refractivity contribution in [2.75, 3.05) is 0 Å². The van der Waals surface area contributed by atoms with Gasteiger partial charge < -0.3 is 9.67 Å². The molecule has 1 aromatic carbocycles. The summed E-state index contributed by atoms with van der Waals surface area (Å²) in [5.74, 6) is -0.507. The molecule has 114 valence electrons. The van der Waals surface area contributed by atoms with Crippen molar-refractivity contribution in [3.63, 3.8) is 0 Å². The minimum atomic E-state index is -0.833. The van der Waals surface area contributed by atoms with Gasteiger partial charge in [-0.05, 0) is 48.9 Å². The normalized spacial score (nSPS) is 11.5. The maximum atomic E-state index is 11.7. The van der Waals surface area contributed by atoms with E-state index in [0.29, 0.717) is 11.5 Å². The molecule has 0 saturated heterocycles. The maximum absolute atomic E-state index is 11.7. The highest BCUT2D eigenvalue weighted by Crippen LogP contribution is 2.32. The highest BCUT2D eigenvalue weighted by molar-refractivity contribution is 6.04. The van der Waals surface area contributed by atoms with E-state index < -0.39 is 5.97 Å². The van der Waals surface area contributed by atoms with E-state index in [1.54, 1.807) is 0 Å². The van der Waals surface area contributed by atoms with Gasteiger partial charge in [-0.1, -0.05) is 27.7 Å². The van der Waals surface area contributed by atoms with Crippen molar-refractivity contribution in [3.8, 4) is 0 Å². The Labute approximate surface area is 126 Å². The van der Waals surface area contributed by atoms with Crippen LogP contribution < -0.4 is 0 Å². The average Bonchev–Trinajstić information content (AvgIpc) is 2.70. The summed E-state index contributed by atoms with van der Waals surface area (Å²) in [6.45, 7) is 11.4. The Balaban J connectivity index is 2.92. The molecule has 1 aromatic heterocycles. The molecule has 0 aliphatic heterocycles. The van der Waals surface area contributed by atoms with Crippen molar-refractivity contribution in [1.29, 1.82) is 0 Å². The number of nitrogens with zero attached hydrogens (tertiary/aromatic N) is 1. The SMILES string of the molecule is CCCn1c(C)c(CC)c2cc(C(C)C)cc(C(=O)O)c21. The highest BCUT2D eigenvalue weighted by atomic mass is 16.4. The van der Waals surface area contributed by atoms with Gasteiger partial charge in [-0.25, -0.2) is 4.79 Å². The number of aryl methyl sites for hydroxylation is 2. The van der Waals surface area contributed by atoms with Crippen LogP contribution >= 0.6 is 0 Å². The number of carboxylic acids is 1. The van der Waals surface area contributed by atoms with E-state index >= 15 is 0 Å². The van der Waals surface area contributed by atoms with Crippen LogP contribution in [0.4, 0.5) is 0 Å². The lowest BCUT2D eigenvalue weighted by Gasteiger charge is -2.11. The number of carbonyl (C=O) groups is 1. The van der Waals surface area contributed by atoms with Crippen LogP contribution in [0.5, 0.6) is 0 Å². The fourth-order valence-corrected chi connectivity index (χ4v) is 3.15. The quantitative estimate of drug-likeness (QED) is 0.862. The molecule has 2 aromatic rings. The molecule has 0 aliphatic rings. The summed E-state index contributed by atoms with van der Waals surface area (Å²) in [5, 5.41) is 10.8. The summed E-state index contributed by atoms with van der Waals surface area (Å²) in [4.78, 5) is 11.7. The van der Waals surface area contributed by atoms with Crippen LogP contribution in [0.1, 0.15) is 67.2 Å². The molecule has 0 unspecified atom stereocenters. The highest BCUT2D eigenvalue weighted by Gasteiger charge is 2.20. The molecule has 3 nitrogen and oxygen atoms in total. The smallest absolute Gasteiger partial charge is 0.337 e. The Hall–Kier alpha value is -1.77. The summed E-state index contributed by atoms with van der Waals surface area (Å²) < 4.78 is 2.18. The molecular formula is C18H25NO2. The van der Waals surface area contributed by atoms with Crippen molar-refractivity contribution >= 4 is 16.9 Å². The molecule has 1 heterocycles. The predicted octanol–water partition coefficient (Wildman–Crippen LogP) is 4.74. The molecule has 2 rings (SSSR count). The second kappa shape index (κ2) is 5.92. The van der Waals surface area contributed by atoms with Gasteiger partial charge in [-0.2, -0.15) is 0 Å². The van der Waals surface area contributed by atoms with Crippen LogP contribution in [0, 0.1) is 6.92 Å². The molecule has 0 aliphatic carbocycles. The first-order valence-corrected chi connectivity index (χ1v) is 7.81. The van der Waals surface area contributed by atoms with Gasteiger partial charge in [-0.15, -0.1) is 0 Å². The van der Waals surface area contributed by atoms with Gasteiger partial charge in [0.25, 0.3) is 0 Å². The van der Waals surface area contributed by atoms with Gasteiger partial charge in [-0.3, -0.25) is 0 Å². The zero-order valence-corrected chi connectivity index (χ0v) is 13.7. The average molecular weight is 287 g/mol. The maximum Gasteiger partial charge on any atom is 0.337 e. The van der Waals surface area contributed by atoms with Gasteiger partial charge in [0.15, 0.2) is 0 Å². The van der Waals surface area contributed by atoms with Crippen LogP contribution in [0.2, 0.25) is 0 Å². The molecule has 0 atom stereocenters. The van der Waals surface area contributed by atoms with E-state index in [4.69, 9.17) is 0 Å². The monoisotopic (exact) mass is 287 g/mol. The van der Waals surface area contributed by atoms with E-state index in [1.165, 1.54) is 11.3 Å². The number of hydrogen-bond acceptors (Lipinski definition) is 1. The molecule has 1 N–H and O–H groups in total. The number of aromatic carboxylic acids is 1. The second-order valence-corrected chi connectivity index (χ2v) is 5.99. The van der Waals surface area contributed by atoms with Gasteiger partial charge in [0.05, 0.1) is 11.1 Å². The largest absolute Gasteiger partial charge is 0.478 e. The Kier molecular flexibility index (Phi) is 4.40. The van der Waals surface area contributed by atoms with Crippen LogP contribution in [0.25, 0.3) is 10.9 Å². The Morgan fingerprint density at radius 2 is 1.95 bits per heavy atom. The molecule has 0 radical (unpaired) electrons. The summed E-state index contributed by atoms with van der Waals surface area (Å²) in [6, 6.07) is 4.03. The number of aromatic nitrogens is 1. The third-order valence-corrected chi connectivity index (χ3v) is 4.27. The number of benzene rings is 1. The van der Waals surface area contributed by atoms with Gasteiger partial charge in [0.1, 0.15) is 0 Å².